The van der Waals surface area contributed by atoms with Crippen LogP contribution in [0.3, 0.4) is 0 Å². The van der Waals surface area contributed by atoms with Crippen molar-refractivity contribution in [1.82, 2.24) is 36.9 Å². The second-order valence-electron chi connectivity index (χ2n) is 11.2. The van der Waals surface area contributed by atoms with Gasteiger partial charge in [0.2, 0.25) is 17.8 Å². The molecule has 0 spiro atoms. The number of hydrazine groups is 2. The number of unbranched alkanes of at least 4 members (excludes halogenated alkanes) is 7. The van der Waals surface area contributed by atoms with Gasteiger partial charge in [0.25, 0.3) is 17.7 Å². The Labute approximate surface area is 294 Å². The summed E-state index contributed by atoms with van der Waals surface area (Å²) in [5, 5.41) is 37.2. The summed E-state index contributed by atoms with van der Waals surface area (Å²) in [5.74, 6) is -2.29. The molecule has 0 saturated carbocycles. The summed E-state index contributed by atoms with van der Waals surface area (Å²) in [6.07, 6.45) is 9.18. The Hall–Kier alpha value is -6.45. The molecule has 0 fully saturated rings. The summed E-state index contributed by atoms with van der Waals surface area (Å²) in [6.45, 7) is 0. The lowest BCUT2D eigenvalue weighted by Crippen LogP contribution is -2.41. The Morgan fingerprint density at radius 3 is 1.25 bits per heavy atom. The lowest BCUT2D eigenvalue weighted by Gasteiger charge is -2.08. The minimum Gasteiger partial charge on any atom is -0.507 e. The molecule has 0 bridgehead atoms. The highest BCUT2D eigenvalue weighted by atomic mass is 16.3. The molecule has 0 unspecified atom stereocenters. The van der Waals surface area contributed by atoms with Gasteiger partial charge in [-0.3, -0.25) is 51.0 Å². The van der Waals surface area contributed by atoms with E-state index in [1.54, 1.807) is 36.4 Å². The third-order valence-corrected chi connectivity index (χ3v) is 7.28. The number of H-pyrrole nitrogens is 1. The fourth-order valence-electron chi connectivity index (χ4n) is 4.58. The van der Waals surface area contributed by atoms with Crippen LogP contribution < -0.4 is 27.0 Å². The SMILES string of the molecule is O=C(CCCCCCCCCCC(=O)NNC(=O)c1ccccc1O)NNC(=O)c1ccccc1O.O=C(Nc1ncn[nH]1)c1ccccc1O. The lowest BCUT2D eigenvalue weighted by atomic mass is 10.1. The number of rotatable bonds is 15. The molecule has 0 radical (unpaired) electrons. The van der Waals surface area contributed by atoms with Crippen LogP contribution in [0.2, 0.25) is 0 Å². The number of carbonyl (C=O) groups excluding carboxylic acids is 5. The normalized spacial score (nSPS) is 10.2. The van der Waals surface area contributed by atoms with Gasteiger partial charge in [-0.1, -0.05) is 74.9 Å². The smallest absolute Gasteiger partial charge is 0.273 e. The average molecular weight is 703 g/mol. The van der Waals surface area contributed by atoms with Crippen LogP contribution in [0, 0.1) is 0 Å². The number of benzene rings is 3. The van der Waals surface area contributed by atoms with Gasteiger partial charge in [-0.25, -0.2) is 5.10 Å². The molecule has 0 aliphatic rings. The molecule has 5 amide bonds. The van der Waals surface area contributed by atoms with Crippen LogP contribution in [-0.4, -0.2) is 60.0 Å². The summed E-state index contributed by atoms with van der Waals surface area (Å²) in [6, 6.07) is 18.4. The van der Waals surface area contributed by atoms with Crippen molar-refractivity contribution < 1.29 is 39.3 Å². The zero-order valence-electron chi connectivity index (χ0n) is 27.9. The predicted octanol–water partition coefficient (Wildman–Crippen LogP) is 3.98. The van der Waals surface area contributed by atoms with Gasteiger partial charge in [-0.05, 0) is 49.2 Å². The molecule has 9 N–H and O–H groups in total. The zero-order valence-corrected chi connectivity index (χ0v) is 27.9. The number of para-hydroxylation sites is 3. The molecule has 16 heteroatoms. The number of aromatic nitrogens is 3. The van der Waals surface area contributed by atoms with E-state index in [0.717, 1.165) is 38.5 Å². The van der Waals surface area contributed by atoms with E-state index in [1.165, 1.54) is 42.7 Å². The van der Waals surface area contributed by atoms with Gasteiger partial charge in [0, 0.05) is 12.8 Å². The first-order valence-electron chi connectivity index (χ1n) is 16.3. The van der Waals surface area contributed by atoms with Crippen LogP contribution in [0.15, 0.2) is 79.1 Å². The maximum absolute atomic E-state index is 11.9. The van der Waals surface area contributed by atoms with Gasteiger partial charge in [-0.2, -0.15) is 10.1 Å². The average Bonchev–Trinajstić information content (AvgIpc) is 3.64. The van der Waals surface area contributed by atoms with Gasteiger partial charge in [0.1, 0.15) is 23.6 Å². The number of aromatic hydroxyl groups is 3. The van der Waals surface area contributed by atoms with Crippen LogP contribution in [-0.2, 0) is 9.59 Å². The molecule has 3 aromatic carbocycles. The Bertz CT molecular complexity index is 1650. The number of aromatic amines is 1. The molecule has 0 saturated heterocycles. The molecule has 270 valence electrons. The number of nitrogens with one attached hydrogen (secondary N) is 6. The number of amides is 5. The van der Waals surface area contributed by atoms with E-state index in [9.17, 15) is 39.3 Å². The maximum Gasteiger partial charge on any atom is 0.273 e. The maximum atomic E-state index is 11.9. The summed E-state index contributed by atoms with van der Waals surface area (Å²) in [4.78, 5) is 62.8. The van der Waals surface area contributed by atoms with Crippen molar-refractivity contribution in [2.75, 3.05) is 5.32 Å². The van der Waals surface area contributed by atoms with E-state index in [4.69, 9.17) is 0 Å². The number of phenolic OH excluding ortho intramolecular Hbond substituents is 3. The standard InChI is InChI=1S/C26H34N4O6.C9H8N4O2/c31-21-15-11-9-13-19(21)25(35)29-27-23(33)17-7-5-3-1-2-4-6-8-18-24(34)28-30-26(36)20-14-10-12-16-22(20)32;14-7-4-2-1-3-6(7)8(15)12-9-10-5-11-13-9/h9-16,31-32H,1-8,17-18H2,(H,27,33)(H,28,34)(H,29,35)(H,30,36);1-5,14H,(H2,10,11,12,13,15). The molecule has 51 heavy (non-hydrogen) atoms. The third kappa shape index (κ3) is 14.3. The molecular weight excluding hydrogens is 660 g/mol. The second-order valence-corrected chi connectivity index (χ2v) is 11.2. The summed E-state index contributed by atoms with van der Waals surface area (Å²) in [7, 11) is 0. The summed E-state index contributed by atoms with van der Waals surface area (Å²) in [5.41, 5.74) is 9.66. The van der Waals surface area contributed by atoms with Crippen molar-refractivity contribution in [3.63, 3.8) is 0 Å². The van der Waals surface area contributed by atoms with E-state index in [2.05, 4.69) is 42.2 Å². The van der Waals surface area contributed by atoms with Crippen molar-refractivity contribution in [2.45, 2.75) is 64.2 Å². The number of hydrogen-bond donors (Lipinski definition) is 9. The molecule has 0 atom stereocenters. The van der Waals surface area contributed by atoms with Gasteiger partial charge in [0.15, 0.2) is 0 Å². The number of phenols is 3. The molecule has 16 nitrogen and oxygen atoms in total. The molecule has 1 aromatic heterocycles. The van der Waals surface area contributed by atoms with Crippen LogP contribution in [0.25, 0.3) is 0 Å². The van der Waals surface area contributed by atoms with Gasteiger partial charge < -0.3 is 15.3 Å². The van der Waals surface area contributed by atoms with Crippen LogP contribution >= 0.6 is 0 Å². The topological polar surface area (TPSA) is 248 Å². The first kappa shape index (κ1) is 39.0. The molecule has 1 heterocycles. The first-order valence-corrected chi connectivity index (χ1v) is 16.3. The first-order chi connectivity index (χ1) is 24.7. The number of anilines is 1. The van der Waals surface area contributed by atoms with E-state index in [0.29, 0.717) is 25.7 Å². The Balaban J connectivity index is 0.000000386. The van der Waals surface area contributed by atoms with Crippen LogP contribution in [0.1, 0.15) is 95.3 Å². The minimum absolute atomic E-state index is 0.0745. The van der Waals surface area contributed by atoms with Crippen molar-refractivity contribution in [1.29, 1.82) is 0 Å². The molecular formula is C35H42N8O8. The van der Waals surface area contributed by atoms with Crippen molar-refractivity contribution in [2.24, 2.45) is 0 Å². The molecule has 4 aromatic rings. The highest BCUT2D eigenvalue weighted by molar-refractivity contribution is 6.05. The second kappa shape index (κ2) is 21.5. The predicted molar refractivity (Wildman–Crippen MR) is 186 cm³/mol. The number of hydrogen-bond acceptors (Lipinski definition) is 10. The molecule has 4 rings (SSSR count). The van der Waals surface area contributed by atoms with Crippen LogP contribution in [0.4, 0.5) is 5.95 Å². The van der Waals surface area contributed by atoms with Gasteiger partial charge in [-0.15, -0.1) is 0 Å². The monoisotopic (exact) mass is 702 g/mol. The van der Waals surface area contributed by atoms with E-state index >= 15 is 0 Å². The van der Waals surface area contributed by atoms with Crippen LogP contribution in [0.5, 0.6) is 17.2 Å². The van der Waals surface area contributed by atoms with E-state index in [-0.39, 0.29) is 51.7 Å². The highest BCUT2D eigenvalue weighted by Crippen LogP contribution is 2.17. The van der Waals surface area contributed by atoms with Gasteiger partial charge in [0.05, 0.1) is 16.7 Å². The third-order valence-electron chi connectivity index (χ3n) is 7.28. The molecule has 0 aliphatic carbocycles. The quantitative estimate of drug-likeness (QED) is 0.0637. The Morgan fingerprint density at radius 2 is 0.882 bits per heavy atom. The summed E-state index contributed by atoms with van der Waals surface area (Å²) < 4.78 is 0. The van der Waals surface area contributed by atoms with Crippen molar-refractivity contribution in [3.05, 3.63) is 95.8 Å². The van der Waals surface area contributed by atoms with E-state index in [1.807, 2.05) is 0 Å². The zero-order chi connectivity index (χ0) is 36.8. The molecule has 0 aliphatic heterocycles. The highest BCUT2D eigenvalue weighted by Gasteiger charge is 2.13. The number of nitrogens with zero attached hydrogens (tertiary/aromatic N) is 2. The fourth-order valence-corrected chi connectivity index (χ4v) is 4.58. The fraction of sp³-hybridized carbons (Fsp3) is 0.286. The van der Waals surface area contributed by atoms with Crippen molar-refractivity contribution >= 4 is 35.5 Å². The van der Waals surface area contributed by atoms with E-state index < -0.39 is 17.7 Å². The van der Waals surface area contributed by atoms with Gasteiger partial charge >= 0.3 is 0 Å². The number of carbonyl (C=O) groups is 5. The summed E-state index contributed by atoms with van der Waals surface area (Å²) >= 11 is 0. The Kier molecular flexibility index (Phi) is 16.4. The largest absolute Gasteiger partial charge is 0.507 e. The van der Waals surface area contributed by atoms with Crippen molar-refractivity contribution in [3.8, 4) is 17.2 Å². The minimum atomic E-state index is -0.573. The lowest BCUT2D eigenvalue weighted by molar-refractivity contribution is -0.122. The Morgan fingerprint density at radius 1 is 0.510 bits per heavy atom.